The highest BCUT2D eigenvalue weighted by Crippen LogP contribution is 2.29. The maximum absolute atomic E-state index is 5.62. The topological polar surface area (TPSA) is 60.2 Å². The summed E-state index contributed by atoms with van der Waals surface area (Å²) >= 11 is 5.11. The van der Waals surface area contributed by atoms with Crippen molar-refractivity contribution in [2.45, 2.75) is 12.5 Å². The molecule has 0 saturated carbocycles. The van der Waals surface area contributed by atoms with Gasteiger partial charge in [-0.25, -0.2) is 4.98 Å². The Morgan fingerprint density at radius 3 is 2.94 bits per heavy atom. The van der Waals surface area contributed by atoms with Crippen LogP contribution in [-0.4, -0.2) is 12.1 Å². The van der Waals surface area contributed by atoms with E-state index in [0.29, 0.717) is 0 Å². The Labute approximate surface area is 118 Å². The molecule has 1 aromatic carbocycles. The first-order valence-corrected chi connectivity index (χ1v) is 7.09. The van der Waals surface area contributed by atoms with E-state index in [0.717, 1.165) is 27.2 Å². The van der Waals surface area contributed by atoms with Crippen molar-refractivity contribution < 1.29 is 4.74 Å². The Morgan fingerprint density at radius 2 is 2.39 bits per heavy atom. The van der Waals surface area contributed by atoms with Gasteiger partial charge in [0.1, 0.15) is 5.75 Å². The predicted molar refractivity (Wildman–Crippen MR) is 76.6 cm³/mol. The van der Waals surface area contributed by atoms with E-state index in [9.17, 15) is 0 Å². The molecule has 4 nitrogen and oxygen atoms in total. The molecule has 1 aromatic heterocycles. The first kappa shape index (κ1) is 13.5. The van der Waals surface area contributed by atoms with E-state index in [-0.39, 0.29) is 6.04 Å². The number of nitrogens with zero attached hydrogens (tertiary/aromatic N) is 1. The van der Waals surface area contributed by atoms with Crippen molar-refractivity contribution in [2.75, 3.05) is 7.11 Å². The number of nitrogens with two attached hydrogens (primary N) is 1. The van der Waals surface area contributed by atoms with Gasteiger partial charge in [-0.2, -0.15) is 0 Å². The van der Waals surface area contributed by atoms with Crippen molar-refractivity contribution in [3.05, 3.63) is 44.8 Å². The minimum absolute atomic E-state index is 0.0401. The lowest BCUT2D eigenvalue weighted by Crippen LogP contribution is -2.29. The number of benzene rings is 1. The molecule has 0 saturated heterocycles. The molecular weight excluding hydrogens is 314 g/mol. The van der Waals surface area contributed by atoms with Gasteiger partial charge in [-0.15, -0.1) is 11.3 Å². The van der Waals surface area contributed by atoms with E-state index in [4.69, 9.17) is 10.6 Å². The van der Waals surface area contributed by atoms with Crippen molar-refractivity contribution in [2.24, 2.45) is 5.84 Å². The van der Waals surface area contributed by atoms with Gasteiger partial charge >= 0.3 is 0 Å². The Hall–Kier alpha value is -0.950. The monoisotopic (exact) mass is 327 g/mol. The maximum Gasteiger partial charge on any atom is 0.133 e. The molecule has 1 heterocycles. The SMILES string of the molecule is COc1ccc(C(Cc2nccs2)NN)cc1Br. The first-order chi connectivity index (χ1) is 8.74. The molecule has 2 rings (SSSR count). The van der Waals surface area contributed by atoms with Crippen LogP contribution in [0.3, 0.4) is 0 Å². The van der Waals surface area contributed by atoms with E-state index in [1.165, 1.54) is 0 Å². The quantitative estimate of drug-likeness (QED) is 0.654. The second-order valence-corrected chi connectivity index (χ2v) is 5.58. The lowest BCUT2D eigenvalue weighted by Gasteiger charge is -2.16. The highest BCUT2D eigenvalue weighted by molar-refractivity contribution is 9.10. The fraction of sp³-hybridized carbons (Fsp3) is 0.250. The molecule has 2 aromatic rings. The molecule has 96 valence electrons. The van der Waals surface area contributed by atoms with Crippen LogP contribution in [0.2, 0.25) is 0 Å². The van der Waals surface area contributed by atoms with Crippen molar-refractivity contribution >= 4 is 27.3 Å². The molecule has 18 heavy (non-hydrogen) atoms. The number of thiazole rings is 1. The maximum atomic E-state index is 5.62. The summed E-state index contributed by atoms with van der Waals surface area (Å²) in [5, 5.41) is 3.03. The largest absolute Gasteiger partial charge is 0.496 e. The summed E-state index contributed by atoms with van der Waals surface area (Å²) in [5.41, 5.74) is 3.92. The zero-order chi connectivity index (χ0) is 13.0. The average molecular weight is 328 g/mol. The van der Waals surface area contributed by atoms with Gasteiger partial charge in [0.25, 0.3) is 0 Å². The summed E-state index contributed by atoms with van der Waals surface area (Å²) < 4.78 is 6.13. The second-order valence-electron chi connectivity index (χ2n) is 3.74. The zero-order valence-electron chi connectivity index (χ0n) is 9.89. The molecule has 0 spiro atoms. The third kappa shape index (κ3) is 3.08. The second kappa shape index (κ2) is 6.29. The van der Waals surface area contributed by atoms with Crippen LogP contribution in [-0.2, 0) is 6.42 Å². The van der Waals surface area contributed by atoms with Gasteiger partial charge < -0.3 is 4.74 Å². The number of hydrogen-bond acceptors (Lipinski definition) is 5. The third-order valence-corrected chi connectivity index (χ3v) is 4.06. The van der Waals surface area contributed by atoms with Gasteiger partial charge in [0.05, 0.1) is 22.6 Å². The molecule has 0 radical (unpaired) electrons. The predicted octanol–water partition coefficient (Wildman–Crippen LogP) is 2.66. The standard InChI is InChI=1S/C12H14BrN3OS/c1-17-11-3-2-8(6-9(11)13)10(16-14)7-12-15-4-5-18-12/h2-6,10,16H,7,14H2,1H3. The van der Waals surface area contributed by atoms with Crippen molar-refractivity contribution in [3.63, 3.8) is 0 Å². The van der Waals surface area contributed by atoms with E-state index in [1.807, 2.05) is 23.6 Å². The summed E-state index contributed by atoms with van der Waals surface area (Å²) in [6, 6.07) is 5.97. The highest BCUT2D eigenvalue weighted by atomic mass is 79.9. The van der Waals surface area contributed by atoms with Crippen LogP contribution < -0.4 is 16.0 Å². The van der Waals surface area contributed by atoms with Crippen LogP contribution in [0.4, 0.5) is 0 Å². The smallest absolute Gasteiger partial charge is 0.133 e. The fourth-order valence-electron chi connectivity index (χ4n) is 1.70. The molecule has 0 aliphatic rings. The van der Waals surface area contributed by atoms with E-state index >= 15 is 0 Å². The summed E-state index contributed by atoms with van der Waals surface area (Å²) in [7, 11) is 1.65. The average Bonchev–Trinajstić information content (AvgIpc) is 2.88. The van der Waals surface area contributed by atoms with E-state index < -0.39 is 0 Å². The van der Waals surface area contributed by atoms with Gasteiger partial charge in [-0.1, -0.05) is 6.07 Å². The van der Waals surface area contributed by atoms with Gasteiger partial charge in [-0.05, 0) is 33.6 Å². The third-order valence-electron chi connectivity index (χ3n) is 2.64. The summed E-state index contributed by atoms with van der Waals surface area (Å²) in [4.78, 5) is 4.27. The molecule has 0 aliphatic carbocycles. The molecule has 0 amide bonds. The number of rotatable bonds is 5. The van der Waals surface area contributed by atoms with Crippen LogP contribution in [0.25, 0.3) is 0 Å². The van der Waals surface area contributed by atoms with Crippen LogP contribution in [0.5, 0.6) is 5.75 Å². The van der Waals surface area contributed by atoms with Crippen LogP contribution in [0.1, 0.15) is 16.6 Å². The number of methoxy groups -OCH3 is 1. The Kier molecular flexibility index (Phi) is 4.71. The molecule has 0 bridgehead atoms. The van der Waals surface area contributed by atoms with E-state index in [1.54, 1.807) is 24.6 Å². The lowest BCUT2D eigenvalue weighted by atomic mass is 10.0. The van der Waals surface area contributed by atoms with Crippen molar-refractivity contribution in [1.29, 1.82) is 0 Å². The summed E-state index contributed by atoms with van der Waals surface area (Å²) in [5.74, 6) is 6.43. The number of ether oxygens (including phenoxy) is 1. The number of hydrazine groups is 1. The Balaban J connectivity index is 2.19. The fourth-order valence-corrected chi connectivity index (χ4v) is 2.92. The lowest BCUT2D eigenvalue weighted by molar-refractivity contribution is 0.411. The zero-order valence-corrected chi connectivity index (χ0v) is 12.3. The van der Waals surface area contributed by atoms with E-state index in [2.05, 4.69) is 26.3 Å². The van der Waals surface area contributed by atoms with Gasteiger partial charge in [-0.3, -0.25) is 11.3 Å². The van der Waals surface area contributed by atoms with Crippen LogP contribution in [0, 0.1) is 0 Å². The highest BCUT2D eigenvalue weighted by Gasteiger charge is 2.13. The van der Waals surface area contributed by atoms with Gasteiger partial charge in [0, 0.05) is 18.0 Å². The molecule has 1 unspecified atom stereocenters. The number of nitrogens with one attached hydrogen (secondary N) is 1. The summed E-state index contributed by atoms with van der Waals surface area (Å²) in [6.45, 7) is 0. The van der Waals surface area contributed by atoms with Crippen LogP contribution >= 0.6 is 27.3 Å². The minimum Gasteiger partial charge on any atom is -0.496 e. The number of halogens is 1. The van der Waals surface area contributed by atoms with Crippen molar-refractivity contribution in [1.82, 2.24) is 10.4 Å². The van der Waals surface area contributed by atoms with Gasteiger partial charge in [0.2, 0.25) is 0 Å². The molecule has 6 heteroatoms. The minimum atomic E-state index is 0.0401. The number of hydrogen-bond donors (Lipinski definition) is 2. The van der Waals surface area contributed by atoms with Gasteiger partial charge in [0.15, 0.2) is 0 Å². The Bertz CT molecular complexity index is 504. The summed E-state index contributed by atoms with van der Waals surface area (Å²) in [6.07, 6.45) is 2.57. The van der Waals surface area contributed by atoms with Crippen molar-refractivity contribution in [3.8, 4) is 5.75 Å². The molecule has 1 atom stereocenters. The number of aromatic nitrogens is 1. The molecule has 0 aliphatic heterocycles. The molecule has 3 N–H and O–H groups in total. The Morgan fingerprint density at radius 1 is 1.56 bits per heavy atom. The van der Waals surface area contributed by atoms with Crippen LogP contribution in [0.15, 0.2) is 34.2 Å². The normalized spacial score (nSPS) is 12.4. The first-order valence-electron chi connectivity index (χ1n) is 5.42. The molecular formula is C12H14BrN3OS. The molecule has 0 fully saturated rings.